The molecular weight excluding hydrogens is 292 g/mol. The second-order valence-corrected chi connectivity index (χ2v) is 5.27. The van der Waals surface area contributed by atoms with Crippen molar-refractivity contribution in [2.45, 2.75) is 25.0 Å². The van der Waals surface area contributed by atoms with Crippen molar-refractivity contribution in [3.05, 3.63) is 34.9 Å². The summed E-state index contributed by atoms with van der Waals surface area (Å²) in [6.07, 6.45) is 2.08. The van der Waals surface area contributed by atoms with Crippen LogP contribution in [0.5, 0.6) is 0 Å². The van der Waals surface area contributed by atoms with Crippen LogP contribution in [-0.2, 0) is 14.3 Å². The lowest BCUT2D eigenvalue weighted by Crippen LogP contribution is -2.32. The van der Waals surface area contributed by atoms with Crippen molar-refractivity contribution in [3.8, 4) is 6.07 Å². The molecule has 1 aliphatic rings. The molecule has 0 bridgehead atoms. The minimum absolute atomic E-state index is 0.0810. The highest BCUT2D eigenvalue weighted by molar-refractivity contribution is 6.30. The van der Waals surface area contributed by atoms with Crippen LogP contribution in [-0.4, -0.2) is 31.8 Å². The maximum atomic E-state index is 11.8. The van der Waals surface area contributed by atoms with Crippen LogP contribution >= 0.6 is 11.6 Å². The van der Waals surface area contributed by atoms with Gasteiger partial charge in [0, 0.05) is 11.6 Å². The summed E-state index contributed by atoms with van der Waals surface area (Å²) in [7, 11) is 0. The fraction of sp³-hybridized carbons (Fsp3) is 0.467. The maximum absolute atomic E-state index is 11.8. The molecule has 0 spiro atoms. The number of nitrogens with one attached hydrogen (secondary N) is 1. The smallest absolute Gasteiger partial charge is 0.247 e. The summed E-state index contributed by atoms with van der Waals surface area (Å²) in [5.74, 6) is -0.334. The molecule has 1 fully saturated rings. The zero-order chi connectivity index (χ0) is 15.1. The average Bonchev–Trinajstić information content (AvgIpc) is 2.98. The highest BCUT2D eigenvalue weighted by atomic mass is 35.5. The predicted molar refractivity (Wildman–Crippen MR) is 77.7 cm³/mol. The van der Waals surface area contributed by atoms with E-state index in [1.807, 2.05) is 6.07 Å². The van der Waals surface area contributed by atoms with Crippen LogP contribution < -0.4 is 5.32 Å². The second kappa shape index (κ2) is 7.99. The van der Waals surface area contributed by atoms with Gasteiger partial charge in [-0.2, -0.15) is 5.26 Å². The van der Waals surface area contributed by atoms with Crippen molar-refractivity contribution in [1.29, 1.82) is 5.26 Å². The third-order valence-corrected chi connectivity index (χ3v) is 3.41. The van der Waals surface area contributed by atoms with Crippen LogP contribution in [0.4, 0.5) is 0 Å². The number of halogens is 1. The van der Waals surface area contributed by atoms with E-state index in [1.54, 1.807) is 24.3 Å². The minimum Gasteiger partial charge on any atom is -0.376 e. The van der Waals surface area contributed by atoms with E-state index >= 15 is 0 Å². The number of hydrogen-bond acceptors (Lipinski definition) is 4. The fourth-order valence-corrected chi connectivity index (χ4v) is 2.34. The number of carbonyl (C=O) groups is 1. The van der Waals surface area contributed by atoms with Crippen LogP contribution in [0.1, 0.15) is 24.4 Å². The molecule has 1 aliphatic heterocycles. The molecule has 1 heterocycles. The van der Waals surface area contributed by atoms with Crippen LogP contribution in [0.15, 0.2) is 24.3 Å². The largest absolute Gasteiger partial charge is 0.376 e. The van der Waals surface area contributed by atoms with Crippen molar-refractivity contribution in [1.82, 2.24) is 5.32 Å². The number of amides is 1. The lowest BCUT2D eigenvalue weighted by Gasteiger charge is -2.13. The monoisotopic (exact) mass is 308 g/mol. The SMILES string of the molecule is N#C[C@H](NC(=O)COC[C@H]1CCCO1)c1cccc(Cl)c1. The molecule has 21 heavy (non-hydrogen) atoms. The van der Waals surface area contributed by atoms with Gasteiger partial charge in [0.05, 0.1) is 18.8 Å². The summed E-state index contributed by atoms with van der Waals surface area (Å²) in [5.41, 5.74) is 0.650. The second-order valence-electron chi connectivity index (χ2n) is 4.83. The molecule has 1 aromatic rings. The van der Waals surface area contributed by atoms with E-state index in [-0.39, 0.29) is 18.6 Å². The summed E-state index contributed by atoms with van der Waals surface area (Å²) in [6.45, 7) is 1.08. The van der Waals surface area contributed by atoms with Gasteiger partial charge in [-0.3, -0.25) is 4.79 Å². The average molecular weight is 309 g/mol. The van der Waals surface area contributed by atoms with Gasteiger partial charge in [-0.1, -0.05) is 23.7 Å². The number of benzene rings is 1. The Morgan fingerprint density at radius 1 is 1.62 bits per heavy atom. The Morgan fingerprint density at radius 2 is 2.48 bits per heavy atom. The molecule has 112 valence electrons. The Morgan fingerprint density at radius 3 is 3.14 bits per heavy atom. The van der Waals surface area contributed by atoms with Crippen molar-refractivity contribution < 1.29 is 14.3 Å². The maximum Gasteiger partial charge on any atom is 0.247 e. The van der Waals surface area contributed by atoms with E-state index in [1.165, 1.54) is 0 Å². The Kier molecular flexibility index (Phi) is 6.00. The Bertz CT molecular complexity index is 524. The lowest BCUT2D eigenvalue weighted by atomic mass is 10.1. The third-order valence-electron chi connectivity index (χ3n) is 3.18. The lowest BCUT2D eigenvalue weighted by molar-refractivity contribution is -0.127. The molecule has 6 heteroatoms. The van der Waals surface area contributed by atoms with E-state index in [4.69, 9.17) is 26.3 Å². The van der Waals surface area contributed by atoms with Gasteiger partial charge < -0.3 is 14.8 Å². The first-order valence-electron chi connectivity index (χ1n) is 6.83. The molecule has 1 saturated heterocycles. The molecule has 0 aromatic heterocycles. The van der Waals surface area contributed by atoms with Crippen molar-refractivity contribution in [2.75, 3.05) is 19.8 Å². The molecule has 2 atom stereocenters. The molecule has 0 saturated carbocycles. The molecule has 1 amide bonds. The van der Waals surface area contributed by atoms with E-state index in [9.17, 15) is 4.79 Å². The molecular formula is C15H17ClN2O3. The van der Waals surface area contributed by atoms with E-state index in [0.29, 0.717) is 17.2 Å². The van der Waals surface area contributed by atoms with E-state index in [0.717, 1.165) is 19.4 Å². The normalized spacial score (nSPS) is 19.0. The number of ether oxygens (including phenoxy) is 2. The van der Waals surface area contributed by atoms with Gasteiger partial charge in [0.2, 0.25) is 5.91 Å². The summed E-state index contributed by atoms with van der Waals surface area (Å²) in [6, 6.07) is 8.15. The molecule has 1 N–H and O–H groups in total. The van der Waals surface area contributed by atoms with Crippen molar-refractivity contribution in [3.63, 3.8) is 0 Å². The van der Waals surface area contributed by atoms with E-state index in [2.05, 4.69) is 5.32 Å². The Hall–Kier alpha value is -1.61. The highest BCUT2D eigenvalue weighted by Crippen LogP contribution is 2.17. The first kappa shape index (κ1) is 15.8. The van der Waals surface area contributed by atoms with Crippen molar-refractivity contribution in [2.24, 2.45) is 0 Å². The Labute approximate surface area is 128 Å². The molecule has 2 rings (SSSR count). The minimum atomic E-state index is -0.734. The van der Waals surface area contributed by atoms with Crippen molar-refractivity contribution >= 4 is 17.5 Å². The van der Waals surface area contributed by atoms with Gasteiger partial charge in [0.15, 0.2) is 0 Å². The number of nitriles is 1. The van der Waals surface area contributed by atoms with Gasteiger partial charge in [-0.25, -0.2) is 0 Å². The van der Waals surface area contributed by atoms with Crippen LogP contribution in [0.3, 0.4) is 0 Å². The number of nitrogens with zero attached hydrogens (tertiary/aromatic N) is 1. The van der Waals surface area contributed by atoms with E-state index < -0.39 is 6.04 Å². The van der Waals surface area contributed by atoms with Crippen LogP contribution in [0.2, 0.25) is 5.02 Å². The van der Waals surface area contributed by atoms with Crippen LogP contribution in [0, 0.1) is 11.3 Å². The number of carbonyl (C=O) groups excluding carboxylic acids is 1. The van der Waals surface area contributed by atoms with Gasteiger partial charge in [0.25, 0.3) is 0 Å². The quantitative estimate of drug-likeness (QED) is 0.874. The molecule has 0 radical (unpaired) electrons. The topological polar surface area (TPSA) is 71.4 Å². The predicted octanol–water partition coefficient (Wildman–Crippen LogP) is 2.22. The highest BCUT2D eigenvalue weighted by Gasteiger charge is 2.17. The zero-order valence-corrected chi connectivity index (χ0v) is 12.3. The first-order valence-corrected chi connectivity index (χ1v) is 7.20. The molecule has 1 aromatic carbocycles. The molecule has 5 nitrogen and oxygen atoms in total. The first-order chi connectivity index (χ1) is 10.2. The summed E-state index contributed by atoms with van der Waals surface area (Å²) in [5, 5.41) is 12.3. The van der Waals surface area contributed by atoms with Gasteiger partial charge in [-0.15, -0.1) is 0 Å². The summed E-state index contributed by atoms with van der Waals surface area (Å²) < 4.78 is 10.7. The number of rotatable bonds is 6. The molecule has 0 aliphatic carbocycles. The summed E-state index contributed by atoms with van der Waals surface area (Å²) >= 11 is 5.88. The molecule has 0 unspecified atom stereocenters. The number of hydrogen-bond donors (Lipinski definition) is 1. The third kappa shape index (κ3) is 5.01. The Balaban J connectivity index is 1.78. The van der Waals surface area contributed by atoms with Gasteiger partial charge in [-0.05, 0) is 30.5 Å². The van der Waals surface area contributed by atoms with Crippen LogP contribution in [0.25, 0.3) is 0 Å². The van der Waals surface area contributed by atoms with Gasteiger partial charge in [0.1, 0.15) is 12.6 Å². The zero-order valence-electron chi connectivity index (χ0n) is 11.5. The van der Waals surface area contributed by atoms with Gasteiger partial charge >= 0.3 is 0 Å². The fourth-order valence-electron chi connectivity index (χ4n) is 2.14. The standard InChI is InChI=1S/C15H17ClN2O3/c16-12-4-1-3-11(7-12)14(8-17)18-15(19)10-20-9-13-5-2-6-21-13/h1,3-4,7,13-14H,2,5-6,9-10H2,(H,18,19)/t13-,14+/m1/s1. The summed E-state index contributed by atoms with van der Waals surface area (Å²) in [4.78, 5) is 11.8.